The Kier molecular flexibility index (Phi) is 7.33. The summed E-state index contributed by atoms with van der Waals surface area (Å²) in [6, 6.07) is 17.5. The molecule has 1 atom stereocenters. The van der Waals surface area contributed by atoms with Crippen LogP contribution in [-0.4, -0.2) is 23.3 Å². The van der Waals surface area contributed by atoms with Crippen LogP contribution in [0, 0.1) is 5.82 Å². The van der Waals surface area contributed by atoms with Crippen LogP contribution in [0.3, 0.4) is 0 Å². The van der Waals surface area contributed by atoms with Crippen LogP contribution in [0.15, 0.2) is 79.0 Å². The minimum atomic E-state index is -4.81. The summed E-state index contributed by atoms with van der Waals surface area (Å²) in [7, 11) is 0. The number of primary amides is 1. The lowest BCUT2D eigenvalue weighted by molar-refractivity contribution is -0.138. The molecule has 2 heterocycles. The fourth-order valence-corrected chi connectivity index (χ4v) is 4.58. The summed E-state index contributed by atoms with van der Waals surface area (Å²) in [5.74, 6) is -2.82. The third-order valence-corrected chi connectivity index (χ3v) is 6.58. The second kappa shape index (κ2) is 10.9. The van der Waals surface area contributed by atoms with Crippen molar-refractivity contribution >= 4 is 17.5 Å². The number of nitrogens with two attached hydrogens (primary N) is 1. The number of nitrogens with zero attached hydrogens (tertiary/aromatic N) is 1. The zero-order chi connectivity index (χ0) is 28.4. The number of aromatic nitrogens is 1. The van der Waals surface area contributed by atoms with E-state index in [9.17, 15) is 22.8 Å². The van der Waals surface area contributed by atoms with Crippen molar-refractivity contribution in [3.8, 4) is 22.4 Å². The van der Waals surface area contributed by atoms with Crippen LogP contribution < -0.4 is 21.9 Å². The number of halogens is 4. The molecule has 5 rings (SSSR count). The molecular formula is C29H23F4N5O2. The molecular weight excluding hydrogens is 526 g/mol. The van der Waals surface area contributed by atoms with E-state index in [2.05, 4.69) is 21.2 Å². The number of hydrogen-bond donors (Lipinski definition) is 4. The fraction of sp³-hybridized carbons (Fsp3) is 0.138. The van der Waals surface area contributed by atoms with Gasteiger partial charge < -0.3 is 11.1 Å². The third-order valence-electron chi connectivity index (χ3n) is 6.58. The molecule has 0 aliphatic carbocycles. The van der Waals surface area contributed by atoms with Crippen LogP contribution in [-0.2, 0) is 6.18 Å². The first kappa shape index (κ1) is 27.0. The van der Waals surface area contributed by atoms with Gasteiger partial charge in [0.25, 0.3) is 5.91 Å². The quantitative estimate of drug-likeness (QED) is 0.239. The second-order valence-corrected chi connectivity index (χ2v) is 9.21. The van der Waals surface area contributed by atoms with Crippen molar-refractivity contribution in [1.82, 2.24) is 15.8 Å². The SMILES string of the molecule is NC(=O)c1ccc(-c2cnc(-c3ccccc3)c(NC(=O)c3cc(C4CCNN4)c(C(F)(F)F)cc3F)c2)cc1. The number of carbonyl (C=O) groups excluding carboxylic acids is 2. The molecule has 0 saturated carbocycles. The molecule has 4 aromatic rings. The maximum atomic E-state index is 15.0. The summed E-state index contributed by atoms with van der Waals surface area (Å²) < 4.78 is 56.2. The number of carbonyl (C=O) groups is 2. The van der Waals surface area contributed by atoms with Gasteiger partial charge in [0.2, 0.25) is 5.91 Å². The Bertz CT molecular complexity index is 1570. The van der Waals surface area contributed by atoms with E-state index < -0.39 is 41.0 Å². The Morgan fingerprint density at radius 1 is 0.950 bits per heavy atom. The summed E-state index contributed by atoms with van der Waals surface area (Å²) in [6.07, 6.45) is -2.90. The summed E-state index contributed by atoms with van der Waals surface area (Å²) in [6.45, 7) is 0.417. The minimum absolute atomic E-state index is 0.217. The highest BCUT2D eigenvalue weighted by Gasteiger charge is 2.37. The molecule has 0 radical (unpaired) electrons. The highest BCUT2D eigenvalue weighted by molar-refractivity contribution is 6.06. The Labute approximate surface area is 226 Å². The molecule has 1 unspecified atom stereocenters. The lowest BCUT2D eigenvalue weighted by atomic mass is 9.95. The van der Waals surface area contributed by atoms with Crippen molar-refractivity contribution in [2.45, 2.75) is 18.6 Å². The van der Waals surface area contributed by atoms with Crippen molar-refractivity contribution in [2.24, 2.45) is 5.73 Å². The molecule has 40 heavy (non-hydrogen) atoms. The van der Waals surface area contributed by atoms with Gasteiger partial charge in [-0.05, 0) is 47.9 Å². The number of hydrogen-bond acceptors (Lipinski definition) is 5. The number of rotatable bonds is 6. The van der Waals surface area contributed by atoms with Crippen molar-refractivity contribution in [2.75, 3.05) is 11.9 Å². The number of nitrogens with one attached hydrogen (secondary N) is 3. The highest BCUT2D eigenvalue weighted by atomic mass is 19.4. The van der Waals surface area contributed by atoms with Gasteiger partial charge >= 0.3 is 6.18 Å². The average molecular weight is 550 g/mol. The van der Waals surface area contributed by atoms with Gasteiger partial charge in [0, 0.05) is 35.5 Å². The molecule has 7 nitrogen and oxygen atoms in total. The lowest BCUT2D eigenvalue weighted by Crippen LogP contribution is -2.27. The van der Waals surface area contributed by atoms with E-state index in [0.29, 0.717) is 47.0 Å². The predicted octanol–water partition coefficient (Wildman–Crippen LogP) is 5.46. The van der Waals surface area contributed by atoms with E-state index in [0.717, 1.165) is 6.07 Å². The minimum Gasteiger partial charge on any atom is -0.366 e. The summed E-state index contributed by atoms with van der Waals surface area (Å²) in [5.41, 5.74) is 11.7. The molecule has 11 heteroatoms. The van der Waals surface area contributed by atoms with Crippen molar-refractivity contribution in [3.05, 3.63) is 107 Å². The van der Waals surface area contributed by atoms with Gasteiger partial charge in [0.05, 0.1) is 22.5 Å². The van der Waals surface area contributed by atoms with Gasteiger partial charge in [-0.2, -0.15) is 13.2 Å². The average Bonchev–Trinajstić information content (AvgIpc) is 3.48. The first-order valence-corrected chi connectivity index (χ1v) is 12.3. The summed E-state index contributed by atoms with van der Waals surface area (Å²) in [5, 5.41) is 2.65. The zero-order valence-corrected chi connectivity index (χ0v) is 20.9. The number of pyridine rings is 1. The summed E-state index contributed by atoms with van der Waals surface area (Å²) in [4.78, 5) is 29.3. The molecule has 204 valence electrons. The first-order valence-electron chi connectivity index (χ1n) is 12.3. The second-order valence-electron chi connectivity index (χ2n) is 9.21. The third kappa shape index (κ3) is 5.56. The molecule has 0 bridgehead atoms. The van der Waals surface area contributed by atoms with Gasteiger partial charge in [-0.3, -0.25) is 25.4 Å². The molecule has 5 N–H and O–H groups in total. The van der Waals surface area contributed by atoms with Crippen LogP contribution >= 0.6 is 0 Å². The smallest absolute Gasteiger partial charge is 0.366 e. The van der Waals surface area contributed by atoms with E-state index >= 15 is 4.39 Å². The predicted molar refractivity (Wildman–Crippen MR) is 141 cm³/mol. The van der Waals surface area contributed by atoms with Gasteiger partial charge in [0.15, 0.2) is 0 Å². The van der Waals surface area contributed by atoms with Crippen molar-refractivity contribution in [3.63, 3.8) is 0 Å². The monoisotopic (exact) mass is 549 g/mol. The Morgan fingerprint density at radius 3 is 2.30 bits per heavy atom. The molecule has 1 aliphatic rings. The van der Waals surface area contributed by atoms with E-state index in [4.69, 9.17) is 5.73 Å². The summed E-state index contributed by atoms with van der Waals surface area (Å²) >= 11 is 0. The van der Waals surface area contributed by atoms with E-state index in [1.165, 1.54) is 0 Å². The van der Waals surface area contributed by atoms with Crippen molar-refractivity contribution < 1.29 is 27.2 Å². The highest BCUT2D eigenvalue weighted by Crippen LogP contribution is 2.38. The van der Waals surface area contributed by atoms with Crippen LogP contribution in [0.4, 0.5) is 23.2 Å². The Balaban J connectivity index is 1.56. The number of hydrazine groups is 1. The Morgan fingerprint density at radius 2 is 1.68 bits per heavy atom. The molecule has 1 aliphatic heterocycles. The maximum Gasteiger partial charge on any atom is 0.416 e. The van der Waals surface area contributed by atoms with Crippen LogP contribution in [0.5, 0.6) is 0 Å². The molecule has 1 fully saturated rings. The maximum absolute atomic E-state index is 15.0. The molecule has 0 spiro atoms. The standard InChI is InChI=1S/C29H23F4N5O2/c30-23-14-22(29(31,32)33)20(24-10-11-36-38-24)13-21(23)28(40)37-25-12-19(16-6-8-18(9-7-16)27(34)39)15-35-26(25)17-4-2-1-3-5-17/h1-9,12-15,24,36,38H,10-11H2,(H2,34,39)(H,37,40). The molecule has 3 aromatic carbocycles. The number of benzene rings is 3. The number of amides is 2. The van der Waals surface area contributed by atoms with Gasteiger partial charge in [-0.15, -0.1) is 0 Å². The molecule has 2 amide bonds. The number of alkyl halides is 3. The topological polar surface area (TPSA) is 109 Å². The van der Waals surface area contributed by atoms with Gasteiger partial charge in [-0.25, -0.2) is 4.39 Å². The normalized spacial score (nSPS) is 15.2. The molecule has 1 saturated heterocycles. The van der Waals surface area contributed by atoms with E-state index in [1.54, 1.807) is 66.9 Å². The number of anilines is 1. The largest absolute Gasteiger partial charge is 0.416 e. The van der Waals surface area contributed by atoms with Gasteiger partial charge in [-0.1, -0.05) is 42.5 Å². The van der Waals surface area contributed by atoms with E-state index in [1.807, 2.05) is 0 Å². The van der Waals surface area contributed by atoms with Crippen molar-refractivity contribution in [1.29, 1.82) is 0 Å². The first-order chi connectivity index (χ1) is 19.1. The van der Waals surface area contributed by atoms with Crippen LogP contribution in [0.1, 0.15) is 44.3 Å². The molecule has 1 aromatic heterocycles. The fourth-order valence-electron chi connectivity index (χ4n) is 4.58. The van der Waals surface area contributed by atoms with Gasteiger partial charge in [0.1, 0.15) is 5.82 Å². The van der Waals surface area contributed by atoms with Crippen LogP contribution in [0.2, 0.25) is 0 Å². The lowest BCUT2D eigenvalue weighted by Gasteiger charge is -2.20. The Hall–Kier alpha value is -4.61. The zero-order valence-electron chi connectivity index (χ0n) is 20.9. The van der Waals surface area contributed by atoms with E-state index in [-0.39, 0.29) is 11.3 Å². The van der Waals surface area contributed by atoms with Crippen LogP contribution in [0.25, 0.3) is 22.4 Å².